The Hall–Kier alpha value is -2.04. The number of nitrogens with one attached hydrogen (secondary N) is 1. The van der Waals surface area contributed by atoms with Gasteiger partial charge in [-0.15, -0.1) is 0 Å². The summed E-state index contributed by atoms with van der Waals surface area (Å²) in [6.07, 6.45) is 2.12. The van der Waals surface area contributed by atoms with E-state index in [-0.39, 0.29) is 0 Å². The van der Waals surface area contributed by atoms with Crippen molar-refractivity contribution < 1.29 is 20.1 Å². The van der Waals surface area contributed by atoms with Gasteiger partial charge < -0.3 is 20.1 Å². The van der Waals surface area contributed by atoms with Crippen molar-refractivity contribution in [1.82, 2.24) is 0 Å². The van der Waals surface area contributed by atoms with E-state index in [1.165, 1.54) is 22.3 Å². The lowest BCUT2D eigenvalue weighted by Gasteiger charge is -2.36. The average molecular weight is 357 g/mol. The number of rotatable bonds is 6. The van der Waals surface area contributed by atoms with Gasteiger partial charge in [-0.05, 0) is 24.6 Å². The highest BCUT2D eigenvalue weighted by Gasteiger charge is 2.38. The van der Waals surface area contributed by atoms with Crippen LogP contribution in [0.4, 0.5) is 0 Å². The number of fused-ring (bicyclic) bond motifs is 1. The van der Waals surface area contributed by atoms with Crippen molar-refractivity contribution in [2.24, 2.45) is 0 Å². The Morgan fingerprint density at radius 2 is 1.77 bits per heavy atom. The zero-order valence-corrected chi connectivity index (χ0v) is 16.5. The minimum atomic E-state index is 0.368. The second-order valence-electron chi connectivity index (χ2n) is 7.37. The summed E-state index contributed by atoms with van der Waals surface area (Å²) in [5.74, 6) is 1.64. The number of methoxy groups -OCH3 is 2. The van der Waals surface area contributed by atoms with Crippen molar-refractivity contribution >= 4 is 0 Å². The smallest absolute Gasteiger partial charge is 0.166 e. The minimum absolute atomic E-state index is 0.368. The third kappa shape index (κ3) is 3.71. The maximum absolute atomic E-state index is 5.58. The van der Waals surface area contributed by atoms with Crippen molar-refractivity contribution in [2.75, 3.05) is 20.8 Å². The van der Waals surface area contributed by atoms with E-state index in [0.29, 0.717) is 12.1 Å². The monoisotopic (exact) mass is 356 g/mol. The fraction of sp³-hybridized carbons (Fsp3) is 0.455. The molecular formula is C22H32N2O2+2. The standard InChI is InChI=1S/C22H30N2O2/c1-5-19(23)22-18-13-21(26-4)20(25-3)12-17(18)10-11-24(22)14-16-8-6-15(2)7-9-16/h6-9,12-13,19,22H,5,10-11,14,23H2,1-4H3/p+2/t19-,22-/m1/s1. The van der Waals surface area contributed by atoms with E-state index in [1.807, 2.05) is 0 Å². The number of quaternary nitrogens is 2. The van der Waals surface area contributed by atoms with Gasteiger partial charge in [-0.2, -0.15) is 0 Å². The summed E-state index contributed by atoms with van der Waals surface area (Å²) in [6, 6.07) is 14.0. The second-order valence-corrected chi connectivity index (χ2v) is 7.37. The molecule has 140 valence electrons. The van der Waals surface area contributed by atoms with Crippen molar-refractivity contribution in [3.8, 4) is 11.5 Å². The predicted molar refractivity (Wildman–Crippen MR) is 104 cm³/mol. The van der Waals surface area contributed by atoms with Crippen LogP contribution in [0.25, 0.3) is 0 Å². The van der Waals surface area contributed by atoms with Crippen LogP contribution in [0.1, 0.15) is 41.6 Å². The molecule has 2 aromatic rings. The summed E-state index contributed by atoms with van der Waals surface area (Å²) in [6.45, 7) is 6.52. The first-order valence-electron chi connectivity index (χ1n) is 9.55. The molecular weight excluding hydrogens is 324 g/mol. The molecule has 4 N–H and O–H groups in total. The molecule has 0 fully saturated rings. The highest BCUT2D eigenvalue weighted by molar-refractivity contribution is 5.49. The molecule has 1 aliphatic heterocycles. The van der Waals surface area contributed by atoms with Crippen LogP contribution in [0, 0.1) is 6.92 Å². The Bertz CT molecular complexity index is 743. The fourth-order valence-electron chi connectivity index (χ4n) is 4.10. The van der Waals surface area contributed by atoms with E-state index < -0.39 is 0 Å². The molecule has 1 heterocycles. The molecule has 4 heteroatoms. The van der Waals surface area contributed by atoms with Crippen LogP contribution in [0.5, 0.6) is 11.5 Å². The van der Waals surface area contributed by atoms with Gasteiger partial charge in [-0.25, -0.2) is 0 Å². The van der Waals surface area contributed by atoms with Gasteiger partial charge in [0, 0.05) is 24.0 Å². The lowest BCUT2D eigenvalue weighted by Crippen LogP contribution is -3.14. The van der Waals surface area contributed by atoms with Gasteiger partial charge in [0.25, 0.3) is 0 Å². The molecule has 0 bridgehead atoms. The largest absolute Gasteiger partial charge is 0.493 e. The Labute approximate surface area is 156 Å². The lowest BCUT2D eigenvalue weighted by atomic mass is 9.86. The summed E-state index contributed by atoms with van der Waals surface area (Å²) >= 11 is 0. The molecule has 3 rings (SSSR count). The summed E-state index contributed by atoms with van der Waals surface area (Å²) in [5.41, 5.74) is 9.94. The SMILES string of the molecule is CC[C@@H]([NH3+])[C@H]1c2cc(OC)c(OC)cc2CC[NH+]1Cc1ccc(C)cc1. The van der Waals surface area contributed by atoms with Crippen LogP contribution in [-0.2, 0) is 13.0 Å². The molecule has 0 aliphatic carbocycles. The molecule has 3 atom stereocenters. The van der Waals surface area contributed by atoms with Gasteiger partial charge in [0.05, 0.1) is 20.8 Å². The lowest BCUT2D eigenvalue weighted by molar-refractivity contribution is -0.957. The van der Waals surface area contributed by atoms with Crippen LogP contribution in [0.3, 0.4) is 0 Å². The quantitative estimate of drug-likeness (QED) is 0.828. The first-order valence-corrected chi connectivity index (χ1v) is 9.55. The summed E-state index contributed by atoms with van der Waals surface area (Å²) in [4.78, 5) is 1.59. The maximum atomic E-state index is 5.58. The Morgan fingerprint density at radius 1 is 1.12 bits per heavy atom. The molecule has 1 aliphatic rings. The van der Waals surface area contributed by atoms with Gasteiger partial charge in [0.15, 0.2) is 17.5 Å². The van der Waals surface area contributed by atoms with Crippen LogP contribution < -0.4 is 20.1 Å². The first kappa shape index (κ1) is 18.7. The van der Waals surface area contributed by atoms with Crippen molar-refractivity contribution in [2.45, 2.75) is 45.3 Å². The summed E-state index contributed by atoms with van der Waals surface area (Å²) in [5, 5.41) is 0. The molecule has 0 radical (unpaired) electrons. The molecule has 0 saturated heterocycles. The maximum Gasteiger partial charge on any atom is 0.166 e. The van der Waals surface area contributed by atoms with E-state index in [9.17, 15) is 0 Å². The third-order valence-corrected chi connectivity index (χ3v) is 5.68. The Balaban J connectivity index is 1.96. The number of aryl methyl sites for hydroxylation is 1. The van der Waals surface area contributed by atoms with Gasteiger partial charge in [-0.3, -0.25) is 0 Å². The normalized spacial score (nSPS) is 20.3. The van der Waals surface area contributed by atoms with Gasteiger partial charge in [0.2, 0.25) is 0 Å². The minimum Gasteiger partial charge on any atom is -0.493 e. The van der Waals surface area contributed by atoms with Crippen molar-refractivity contribution in [1.29, 1.82) is 0 Å². The third-order valence-electron chi connectivity index (χ3n) is 5.68. The molecule has 26 heavy (non-hydrogen) atoms. The van der Waals surface area contributed by atoms with E-state index in [1.54, 1.807) is 19.1 Å². The van der Waals surface area contributed by atoms with Gasteiger partial charge in [-0.1, -0.05) is 36.8 Å². The van der Waals surface area contributed by atoms with E-state index in [4.69, 9.17) is 9.47 Å². The molecule has 2 aromatic carbocycles. The predicted octanol–water partition coefficient (Wildman–Crippen LogP) is 1.72. The highest BCUT2D eigenvalue weighted by Crippen LogP contribution is 2.35. The molecule has 1 unspecified atom stereocenters. The van der Waals surface area contributed by atoms with Crippen molar-refractivity contribution in [3.63, 3.8) is 0 Å². The molecule has 0 spiro atoms. The second kappa shape index (κ2) is 8.11. The topological polar surface area (TPSA) is 50.5 Å². The first-order chi connectivity index (χ1) is 12.6. The van der Waals surface area contributed by atoms with Crippen LogP contribution >= 0.6 is 0 Å². The summed E-state index contributed by atoms with van der Waals surface area (Å²) in [7, 11) is 3.41. The van der Waals surface area contributed by atoms with Crippen molar-refractivity contribution in [3.05, 3.63) is 58.7 Å². The summed E-state index contributed by atoms with van der Waals surface area (Å²) < 4.78 is 11.1. The van der Waals surface area contributed by atoms with Crippen LogP contribution in [0.15, 0.2) is 36.4 Å². The number of benzene rings is 2. The van der Waals surface area contributed by atoms with Crippen LogP contribution in [0.2, 0.25) is 0 Å². The van der Waals surface area contributed by atoms with E-state index in [2.05, 4.69) is 56.0 Å². The Morgan fingerprint density at radius 3 is 2.38 bits per heavy atom. The molecule has 4 nitrogen and oxygen atoms in total. The number of ether oxygens (including phenoxy) is 2. The van der Waals surface area contributed by atoms with Gasteiger partial charge >= 0.3 is 0 Å². The fourth-order valence-corrected chi connectivity index (χ4v) is 4.10. The Kier molecular flexibility index (Phi) is 5.84. The average Bonchev–Trinajstić information content (AvgIpc) is 2.67. The molecule has 0 saturated carbocycles. The number of hydrogen-bond acceptors (Lipinski definition) is 2. The molecule has 0 aromatic heterocycles. The van der Waals surface area contributed by atoms with E-state index >= 15 is 0 Å². The zero-order valence-electron chi connectivity index (χ0n) is 16.5. The molecule has 0 amide bonds. The highest BCUT2D eigenvalue weighted by atomic mass is 16.5. The van der Waals surface area contributed by atoms with Gasteiger partial charge in [0.1, 0.15) is 12.6 Å². The van der Waals surface area contributed by atoms with Crippen LogP contribution in [-0.4, -0.2) is 26.8 Å². The number of hydrogen-bond donors (Lipinski definition) is 2. The zero-order chi connectivity index (χ0) is 18.7. The van der Waals surface area contributed by atoms with E-state index in [0.717, 1.165) is 37.4 Å².